The molecule has 0 N–H and O–H groups in total. The molecule has 2 aromatic rings. The number of anilines is 1. The van der Waals surface area contributed by atoms with Crippen LogP contribution in [0.5, 0.6) is 0 Å². The van der Waals surface area contributed by atoms with Crippen LogP contribution in [0.2, 0.25) is 0 Å². The van der Waals surface area contributed by atoms with E-state index in [1.165, 1.54) is 0 Å². The highest BCUT2D eigenvalue weighted by Crippen LogP contribution is 2.32. The first-order valence-corrected chi connectivity index (χ1v) is 9.45. The lowest BCUT2D eigenvalue weighted by Gasteiger charge is -2.30. The van der Waals surface area contributed by atoms with Crippen molar-refractivity contribution in [2.24, 2.45) is 0 Å². The van der Waals surface area contributed by atoms with Gasteiger partial charge in [0.05, 0.1) is 10.6 Å². The molecule has 3 rings (SSSR count). The summed E-state index contributed by atoms with van der Waals surface area (Å²) in [5.41, 5.74) is 3.07. The molecule has 0 atom stereocenters. The number of rotatable bonds is 2. The van der Waals surface area contributed by atoms with E-state index in [0.717, 1.165) is 29.7 Å². The number of benzene rings is 2. The van der Waals surface area contributed by atoms with Crippen LogP contribution in [-0.4, -0.2) is 15.0 Å². The molecule has 1 aliphatic rings. The summed E-state index contributed by atoms with van der Waals surface area (Å²) in [6.45, 7) is 6.91. The molecule has 0 spiro atoms. The molecule has 2 aromatic carbocycles. The summed E-state index contributed by atoms with van der Waals surface area (Å²) in [6.07, 6.45) is 1.79. The van der Waals surface area contributed by atoms with Gasteiger partial charge < -0.3 is 0 Å². The van der Waals surface area contributed by atoms with E-state index in [9.17, 15) is 8.42 Å². The predicted molar refractivity (Wildman–Crippen MR) is 94.4 cm³/mol. The Morgan fingerprint density at radius 1 is 0.957 bits per heavy atom. The summed E-state index contributed by atoms with van der Waals surface area (Å²) < 4.78 is 27.6. The second-order valence-corrected chi connectivity index (χ2v) is 8.95. The van der Waals surface area contributed by atoms with Gasteiger partial charge >= 0.3 is 0 Å². The van der Waals surface area contributed by atoms with Crippen LogP contribution in [0.25, 0.3) is 0 Å². The monoisotopic (exact) mass is 329 g/mol. The summed E-state index contributed by atoms with van der Waals surface area (Å²) in [4.78, 5) is 0.363. The van der Waals surface area contributed by atoms with Crippen LogP contribution >= 0.6 is 0 Å². The van der Waals surface area contributed by atoms with Gasteiger partial charge in [-0.1, -0.05) is 51.1 Å². The molecule has 0 bridgehead atoms. The minimum absolute atomic E-state index is 0.0139. The number of hydrogen-bond donors (Lipinski definition) is 0. The number of sulfonamides is 1. The summed E-state index contributed by atoms with van der Waals surface area (Å²) in [5.74, 6) is 0. The fourth-order valence-corrected chi connectivity index (χ4v) is 4.54. The van der Waals surface area contributed by atoms with Crippen molar-refractivity contribution < 1.29 is 8.42 Å². The number of hydrogen-bond acceptors (Lipinski definition) is 2. The highest BCUT2D eigenvalue weighted by atomic mass is 32.2. The Bertz CT molecular complexity index is 802. The van der Waals surface area contributed by atoms with Crippen molar-refractivity contribution in [1.29, 1.82) is 0 Å². The zero-order chi connectivity index (χ0) is 16.7. The molecule has 0 radical (unpaired) electrons. The Morgan fingerprint density at radius 3 is 2.26 bits per heavy atom. The fourth-order valence-electron chi connectivity index (χ4n) is 3.00. The van der Waals surface area contributed by atoms with E-state index in [4.69, 9.17) is 0 Å². The van der Waals surface area contributed by atoms with Gasteiger partial charge in [0.1, 0.15) is 0 Å². The van der Waals surface area contributed by atoms with Gasteiger partial charge in [-0.3, -0.25) is 4.31 Å². The molecule has 0 saturated heterocycles. The van der Waals surface area contributed by atoms with Crippen LogP contribution in [0.1, 0.15) is 38.3 Å². The molecule has 0 unspecified atom stereocenters. The van der Waals surface area contributed by atoms with Gasteiger partial charge in [0, 0.05) is 6.54 Å². The van der Waals surface area contributed by atoms with Crippen LogP contribution in [-0.2, 0) is 21.9 Å². The molecule has 1 aliphatic heterocycles. The summed E-state index contributed by atoms with van der Waals surface area (Å²) in [6, 6.07) is 15.1. The number of para-hydroxylation sites is 1. The molecule has 0 saturated carbocycles. The third-order valence-electron chi connectivity index (χ3n) is 4.38. The fraction of sp³-hybridized carbons (Fsp3) is 0.368. The lowest BCUT2D eigenvalue weighted by molar-refractivity contribution is 0.582. The van der Waals surface area contributed by atoms with E-state index >= 15 is 0 Å². The SMILES string of the molecule is CC(C)(C)c1ccc(S(=O)(=O)N2CCCc3ccccc32)cc1. The number of fused-ring (bicyclic) bond motifs is 1. The van der Waals surface area contributed by atoms with Crippen molar-refractivity contribution in [3.05, 3.63) is 59.7 Å². The average molecular weight is 329 g/mol. The number of nitrogens with zero attached hydrogens (tertiary/aromatic N) is 1. The Balaban J connectivity index is 2.00. The minimum Gasteiger partial charge on any atom is -0.266 e. The standard InChI is InChI=1S/C19H23NO2S/c1-19(2,3)16-10-12-17(13-11-16)23(21,22)20-14-6-8-15-7-4-5-9-18(15)20/h4-5,7,9-13H,6,8,14H2,1-3H3. The first-order chi connectivity index (χ1) is 10.8. The Hall–Kier alpha value is -1.81. The lowest BCUT2D eigenvalue weighted by atomic mass is 9.87. The van der Waals surface area contributed by atoms with Crippen molar-refractivity contribution in [2.45, 2.75) is 43.9 Å². The number of aryl methyl sites for hydroxylation is 1. The first kappa shape index (κ1) is 16.1. The minimum atomic E-state index is -3.50. The molecule has 4 heteroatoms. The van der Waals surface area contributed by atoms with Crippen molar-refractivity contribution in [3.63, 3.8) is 0 Å². The predicted octanol–water partition coefficient (Wildman–Crippen LogP) is 4.13. The van der Waals surface area contributed by atoms with Gasteiger partial charge in [-0.2, -0.15) is 0 Å². The lowest BCUT2D eigenvalue weighted by Crippen LogP contribution is -2.35. The summed E-state index contributed by atoms with van der Waals surface area (Å²) in [7, 11) is -3.50. The molecule has 0 amide bonds. The van der Waals surface area contributed by atoms with Crippen LogP contribution in [0, 0.1) is 0 Å². The maximum Gasteiger partial charge on any atom is 0.264 e. The second-order valence-electron chi connectivity index (χ2n) is 7.08. The third-order valence-corrected chi connectivity index (χ3v) is 6.20. The molecular weight excluding hydrogens is 306 g/mol. The van der Waals surface area contributed by atoms with E-state index < -0.39 is 10.0 Å². The summed E-state index contributed by atoms with van der Waals surface area (Å²) >= 11 is 0. The zero-order valence-corrected chi connectivity index (χ0v) is 14.7. The average Bonchev–Trinajstić information content (AvgIpc) is 2.53. The van der Waals surface area contributed by atoms with E-state index in [0.29, 0.717) is 11.4 Å². The van der Waals surface area contributed by atoms with E-state index in [1.54, 1.807) is 16.4 Å². The van der Waals surface area contributed by atoms with Gasteiger partial charge in [-0.25, -0.2) is 8.42 Å². The van der Waals surface area contributed by atoms with Gasteiger partial charge in [0.25, 0.3) is 10.0 Å². The maximum absolute atomic E-state index is 13.0. The van der Waals surface area contributed by atoms with E-state index in [2.05, 4.69) is 20.8 Å². The highest BCUT2D eigenvalue weighted by molar-refractivity contribution is 7.92. The topological polar surface area (TPSA) is 37.4 Å². The Kier molecular flexibility index (Phi) is 3.96. The second kappa shape index (κ2) is 5.68. The van der Waals surface area contributed by atoms with Crippen LogP contribution in [0.3, 0.4) is 0 Å². The van der Waals surface area contributed by atoms with Crippen molar-refractivity contribution in [1.82, 2.24) is 0 Å². The quantitative estimate of drug-likeness (QED) is 0.831. The largest absolute Gasteiger partial charge is 0.266 e. The van der Waals surface area contributed by atoms with Gasteiger partial charge in [-0.15, -0.1) is 0 Å². The van der Waals surface area contributed by atoms with Gasteiger partial charge in [-0.05, 0) is 47.6 Å². The van der Waals surface area contributed by atoms with Crippen LogP contribution in [0.15, 0.2) is 53.4 Å². The molecular formula is C19H23NO2S. The molecule has 0 fully saturated rings. The molecule has 3 nitrogen and oxygen atoms in total. The molecule has 0 aliphatic carbocycles. The molecule has 23 heavy (non-hydrogen) atoms. The van der Waals surface area contributed by atoms with Crippen LogP contribution < -0.4 is 4.31 Å². The zero-order valence-electron chi connectivity index (χ0n) is 13.9. The molecule has 122 valence electrons. The Morgan fingerprint density at radius 2 is 1.61 bits per heavy atom. The van der Waals surface area contributed by atoms with Gasteiger partial charge in [0.15, 0.2) is 0 Å². The summed E-state index contributed by atoms with van der Waals surface area (Å²) in [5, 5.41) is 0. The van der Waals surface area contributed by atoms with E-state index in [-0.39, 0.29) is 5.41 Å². The highest BCUT2D eigenvalue weighted by Gasteiger charge is 2.29. The normalized spacial score (nSPS) is 15.3. The van der Waals surface area contributed by atoms with Crippen LogP contribution in [0.4, 0.5) is 5.69 Å². The molecule has 1 heterocycles. The van der Waals surface area contributed by atoms with E-state index in [1.807, 2.05) is 36.4 Å². The molecule has 0 aromatic heterocycles. The van der Waals surface area contributed by atoms with Crippen molar-refractivity contribution in [2.75, 3.05) is 10.8 Å². The van der Waals surface area contributed by atoms with Crippen molar-refractivity contribution >= 4 is 15.7 Å². The third kappa shape index (κ3) is 3.00. The first-order valence-electron chi connectivity index (χ1n) is 8.01. The van der Waals surface area contributed by atoms with Crippen molar-refractivity contribution in [3.8, 4) is 0 Å². The smallest absolute Gasteiger partial charge is 0.264 e. The van der Waals surface area contributed by atoms with Gasteiger partial charge in [0.2, 0.25) is 0 Å². The Labute approximate surface area is 139 Å². The maximum atomic E-state index is 13.0.